The second-order valence-electron chi connectivity index (χ2n) is 11.9. The molecule has 3 saturated carbocycles. The molecule has 0 radical (unpaired) electrons. The van der Waals surface area contributed by atoms with Gasteiger partial charge in [0.25, 0.3) is 0 Å². The monoisotopic (exact) mass is 446 g/mol. The minimum absolute atomic E-state index is 0.0225. The van der Waals surface area contributed by atoms with Crippen LogP contribution in [0.5, 0.6) is 0 Å². The first kappa shape index (κ1) is 23.0. The summed E-state index contributed by atoms with van der Waals surface area (Å²) < 4.78 is 11.9. The average Bonchev–Trinajstić information content (AvgIpc) is 3.12. The van der Waals surface area contributed by atoms with E-state index in [1.54, 1.807) is 6.92 Å². The van der Waals surface area contributed by atoms with Gasteiger partial charge in [-0.05, 0) is 92.8 Å². The third-order valence-electron chi connectivity index (χ3n) is 10.6. The Morgan fingerprint density at radius 1 is 1.03 bits per heavy atom. The summed E-state index contributed by atoms with van der Waals surface area (Å²) in [7, 11) is 0. The van der Waals surface area contributed by atoms with Gasteiger partial charge < -0.3 is 24.8 Å². The molecule has 5 heteroatoms. The molecule has 32 heavy (non-hydrogen) atoms. The highest BCUT2D eigenvalue weighted by atomic mass is 16.7. The summed E-state index contributed by atoms with van der Waals surface area (Å²) in [5.41, 5.74) is 2.20. The second-order valence-corrected chi connectivity index (χ2v) is 11.9. The molecule has 1 saturated heterocycles. The van der Waals surface area contributed by atoms with Gasteiger partial charge in [0.2, 0.25) is 0 Å². The Kier molecular flexibility index (Phi) is 5.90. The smallest absolute Gasteiger partial charge is 0.186 e. The molecule has 0 spiro atoms. The predicted molar refractivity (Wildman–Crippen MR) is 123 cm³/mol. The van der Waals surface area contributed by atoms with Crippen LogP contribution in [0.2, 0.25) is 0 Å². The van der Waals surface area contributed by atoms with Crippen molar-refractivity contribution in [2.45, 2.75) is 109 Å². The summed E-state index contributed by atoms with van der Waals surface area (Å²) in [4.78, 5) is 0. The molecule has 0 aromatic rings. The van der Waals surface area contributed by atoms with Crippen LogP contribution in [0, 0.1) is 34.5 Å². The number of allylic oxidation sites excluding steroid dienone is 2. The van der Waals surface area contributed by atoms with Crippen LogP contribution in [0.15, 0.2) is 24.3 Å². The van der Waals surface area contributed by atoms with Gasteiger partial charge in [0.1, 0.15) is 18.3 Å². The van der Waals surface area contributed by atoms with Crippen molar-refractivity contribution in [2.75, 3.05) is 0 Å². The summed E-state index contributed by atoms with van der Waals surface area (Å²) in [5, 5.41) is 30.4. The number of rotatable bonds is 3. The first-order chi connectivity index (χ1) is 15.2. The molecule has 4 fully saturated rings. The van der Waals surface area contributed by atoms with Crippen molar-refractivity contribution < 1.29 is 24.8 Å². The molecule has 0 amide bonds. The van der Waals surface area contributed by atoms with Crippen molar-refractivity contribution in [3.63, 3.8) is 0 Å². The summed E-state index contributed by atoms with van der Waals surface area (Å²) in [5.74, 6) is 3.02. The lowest BCUT2D eigenvalue weighted by Crippen LogP contribution is -2.58. The van der Waals surface area contributed by atoms with E-state index in [1.165, 1.54) is 37.7 Å². The largest absolute Gasteiger partial charge is 0.388 e. The van der Waals surface area contributed by atoms with E-state index in [0.29, 0.717) is 11.3 Å². The molecule has 6 unspecified atom stereocenters. The van der Waals surface area contributed by atoms with Crippen LogP contribution in [0.4, 0.5) is 0 Å². The minimum Gasteiger partial charge on any atom is -0.388 e. The van der Waals surface area contributed by atoms with Crippen molar-refractivity contribution in [1.29, 1.82) is 0 Å². The Morgan fingerprint density at radius 2 is 1.81 bits per heavy atom. The van der Waals surface area contributed by atoms with E-state index < -0.39 is 30.7 Å². The zero-order valence-corrected chi connectivity index (χ0v) is 20.0. The van der Waals surface area contributed by atoms with Crippen LogP contribution in [0.25, 0.3) is 0 Å². The number of hydrogen-bond donors (Lipinski definition) is 3. The van der Waals surface area contributed by atoms with Gasteiger partial charge in [0.15, 0.2) is 6.29 Å². The van der Waals surface area contributed by atoms with Crippen LogP contribution in [-0.4, -0.2) is 52.1 Å². The van der Waals surface area contributed by atoms with E-state index in [4.69, 9.17) is 9.47 Å². The molecule has 0 aromatic heterocycles. The first-order valence-electron chi connectivity index (χ1n) is 12.9. The molecule has 4 aliphatic carbocycles. The molecule has 1 heterocycles. The zero-order valence-electron chi connectivity index (χ0n) is 20.0. The Hall–Kier alpha value is -0.720. The highest BCUT2D eigenvalue weighted by Crippen LogP contribution is 2.66. The van der Waals surface area contributed by atoms with Crippen molar-refractivity contribution in [1.82, 2.24) is 0 Å². The maximum Gasteiger partial charge on any atom is 0.186 e. The van der Waals surface area contributed by atoms with E-state index in [9.17, 15) is 15.3 Å². The molecular weight excluding hydrogens is 404 g/mol. The lowest BCUT2D eigenvalue weighted by molar-refractivity contribution is -0.305. The predicted octanol–water partition coefficient (Wildman–Crippen LogP) is 3.96. The lowest BCUT2D eigenvalue weighted by Gasteiger charge is -2.58. The Morgan fingerprint density at radius 3 is 2.56 bits per heavy atom. The fourth-order valence-corrected chi connectivity index (χ4v) is 8.49. The Balaban J connectivity index is 1.30. The fourth-order valence-electron chi connectivity index (χ4n) is 8.49. The molecule has 3 N–H and O–H groups in total. The third kappa shape index (κ3) is 3.38. The number of aliphatic hydroxyl groups is 3. The Bertz CT molecular complexity index is 765. The van der Waals surface area contributed by atoms with Crippen LogP contribution < -0.4 is 0 Å². The van der Waals surface area contributed by atoms with Gasteiger partial charge in [-0.25, -0.2) is 0 Å². The molecule has 5 nitrogen and oxygen atoms in total. The van der Waals surface area contributed by atoms with Crippen LogP contribution in [0.3, 0.4) is 0 Å². The van der Waals surface area contributed by atoms with E-state index in [2.05, 4.69) is 32.6 Å². The van der Waals surface area contributed by atoms with Gasteiger partial charge in [-0.2, -0.15) is 0 Å². The number of aliphatic hydroxyl groups excluding tert-OH is 3. The number of ether oxygens (including phenoxy) is 2. The highest BCUT2D eigenvalue weighted by molar-refractivity contribution is 5.25. The Labute approximate surface area is 192 Å². The van der Waals surface area contributed by atoms with Crippen LogP contribution in [-0.2, 0) is 9.47 Å². The van der Waals surface area contributed by atoms with E-state index in [1.807, 2.05) is 0 Å². The number of hydrogen-bond acceptors (Lipinski definition) is 5. The van der Waals surface area contributed by atoms with Crippen LogP contribution in [0.1, 0.15) is 72.1 Å². The van der Waals surface area contributed by atoms with Crippen molar-refractivity contribution >= 4 is 0 Å². The molecular formula is C27H42O5. The standard InChI is InChI=1S/C27H42O5/c1-5-16-7-9-20-19-8-6-17-14-18(32-25-24(30)23(29)22(28)15(2)31-25)10-12-27(17,4)21(19)11-13-26(16,20)3/h5-6,15-16,18-25,28-30H,1,7-14H2,2-4H3/t15?,16-,18-,19?,20?,21?,22-,23?,24?,25+,26+,27-/m0/s1. The van der Waals surface area contributed by atoms with Gasteiger partial charge in [0.05, 0.1) is 12.2 Å². The zero-order chi connectivity index (χ0) is 22.8. The van der Waals surface area contributed by atoms with Gasteiger partial charge in [-0.15, -0.1) is 6.58 Å². The second kappa shape index (κ2) is 8.20. The minimum atomic E-state index is -1.24. The van der Waals surface area contributed by atoms with Gasteiger partial charge in [-0.3, -0.25) is 0 Å². The molecule has 12 atom stereocenters. The van der Waals surface area contributed by atoms with Crippen molar-refractivity contribution in [3.05, 3.63) is 24.3 Å². The fraction of sp³-hybridized carbons (Fsp3) is 0.852. The quantitative estimate of drug-likeness (QED) is 0.572. The van der Waals surface area contributed by atoms with Crippen molar-refractivity contribution in [2.24, 2.45) is 34.5 Å². The summed E-state index contributed by atoms with van der Waals surface area (Å²) in [6, 6.07) is 0. The highest BCUT2D eigenvalue weighted by Gasteiger charge is 2.58. The summed E-state index contributed by atoms with van der Waals surface area (Å²) in [6.07, 6.45) is 9.08. The molecule has 5 aliphatic rings. The third-order valence-corrected chi connectivity index (χ3v) is 10.6. The number of fused-ring (bicyclic) bond motifs is 5. The van der Waals surface area contributed by atoms with Gasteiger partial charge >= 0.3 is 0 Å². The normalized spacial score (nSPS) is 55.4. The van der Waals surface area contributed by atoms with Crippen LogP contribution >= 0.6 is 0 Å². The molecule has 0 bridgehead atoms. The molecule has 0 aromatic carbocycles. The topological polar surface area (TPSA) is 79.2 Å². The molecule has 1 aliphatic heterocycles. The SMILES string of the molecule is C=C[C@H]1CCC2C3CC=C4C[C@@H](O[C@H]5OC(C)[C@H](O)C(O)C5O)CC[C@]4(C)C3CC[C@@]21C. The maximum atomic E-state index is 10.4. The van der Waals surface area contributed by atoms with E-state index >= 15 is 0 Å². The average molecular weight is 447 g/mol. The maximum absolute atomic E-state index is 10.4. The lowest BCUT2D eigenvalue weighted by atomic mass is 9.47. The summed E-state index contributed by atoms with van der Waals surface area (Å²) in [6.45, 7) is 10.9. The van der Waals surface area contributed by atoms with Crippen molar-refractivity contribution in [3.8, 4) is 0 Å². The van der Waals surface area contributed by atoms with Gasteiger partial charge in [-0.1, -0.05) is 31.6 Å². The van der Waals surface area contributed by atoms with E-state index in [-0.39, 0.29) is 11.5 Å². The van der Waals surface area contributed by atoms with Gasteiger partial charge in [0, 0.05) is 0 Å². The molecule has 5 rings (SSSR count). The van der Waals surface area contributed by atoms with E-state index in [0.717, 1.165) is 37.0 Å². The summed E-state index contributed by atoms with van der Waals surface area (Å²) >= 11 is 0. The first-order valence-corrected chi connectivity index (χ1v) is 12.9. The molecule has 180 valence electrons.